The fraction of sp³-hybridized carbons (Fsp3) is 0. The molecular formula is C66H38N8. The van der Waals surface area contributed by atoms with Gasteiger partial charge in [-0.3, -0.25) is 0 Å². The molecule has 0 amide bonds. The average molecular weight is 943 g/mol. The van der Waals surface area contributed by atoms with Gasteiger partial charge in [-0.1, -0.05) is 152 Å². The van der Waals surface area contributed by atoms with Crippen LogP contribution in [0.3, 0.4) is 0 Å². The molecule has 74 heavy (non-hydrogen) atoms. The van der Waals surface area contributed by atoms with E-state index in [2.05, 4.69) is 130 Å². The van der Waals surface area contributed by atoms with Crippen molar-refractivity contribution in [3.8, 4) is 97.1 Å². The van der Waals surface area contributed by atoms with Crippen molar-refractivity contribution in [1.29, 1.82) is 15.8 Å². The summed E-state index contributed by atoms with van der Waals surface area (Å²) in [5, 5.41) is 34.8. The van der Waals surface area contributed by atoms with Gasteiger partial charge in [0, 0.05) is 49.4 Å². The number of benzene rings is 10. The van der Waals surface area contributed by atoms with Gasteiger partial charge in [-0.05, 0) is 101 Å². The van der Waals surface area contributed by atoms with Crippen LogP contribution in [0.2, 0.25) is 0 Å². The monoisotopic (exact) mass is 942 g/mol. The Morgan fingerprint density at radius 3 is 1.20 bits per heavy atom. The average Bonchev–Trinajstić information content (AvgIpc) is 4.05. The molecule has 0 spiro atoms. The summed E-state index contributed by atoms with van der Waals surface area (Å²) in [6.07, 6.45) is 0. The van der Waals surface area contributed by atoms with Gasteiger partial charge in [-0.2, -0.15) is 15.8 Å². The number of hydrogen-bond donors (Lipinski definition) is 0. The first-order valence-corrected chi connectivity index (χ1v) is 24.2. The lowest BCUT2D eigenvalue weighted by atomic mass is 9.91. The first-order valence-electron chi connectivity index (χ1n) is 24.2. The molecule has 0 unspecified atom stereocenters. The number of aromatic nitrogens is 5. The predicted molar refractivity (Wildman–Crippen MR) is 295 cm³/mol. The van der Waals surface area contributed by atoms with Crippen LogP contribution in [0.4, 0.5) is 0 Å². The normalized spacial score (nSPS) is 11.2. The van der Waals surface area contributed by atoms with E-state index in [0.29, 0.717) is 45.3 Å². The molecule has 0 saturated heterocycles. The van der Waals surface area contributed by atoms with Crippen LogP contribution in [0.1, 0.15) is 16.7 Å². The Morgan fingerprint density at radius 1 is 0.297 bits per heavy atom. The summed E-state index contributed by atoms with van der Waals surface area (Å²) in [6, 6.07) is 84.4. The van der Waals surface area contributed by atoms with E-state index in [1.165, 1.54) is 0 Å². The maximum atomic E-state index is 11.5. The Balaban J connectivity index is 1.14. The summed E-state index contributed by atoms with van der Waals surface area (Å²) < 4.78 is 4.58. The zero-order valence-corrected chi connectivity index (χ0v) is 39.5. The van der Waals surface area contributed by atoms with Crippen LogP contribution in [-0.4, -0.2) is 24.1 Å². The maximum absolute atomic E-state index is 11.5. The minimum atomic E-state index is 0.450. The first kappa shape index (κ1) is 43.3. The third kappa shape index (κ3) is 7.25. The van der Waals surface area contributed by atoms with Gasteiger partial charge in [0.05, 0.1) is 68.3 Å². The molecule has 0 N–H and O–H groups in total. The standard InChI is InChI=1S/C66H38N8/c67-39-42-25-29-44(30-26-42)48-33-35-58-54(37-48)51-18-7-9-21-56(51)73(58)60-23-11-17-50(41-69)62(60)63-53(66-71-64(46-13-3-1-4-14-46)70-65(72-66)47-15-5-2-6-16-47)20-12-24-61(63)74-57-22-10-8-19-52(57)55-38-49(34-36-59(55)74)45-31-27-43(40-68)28-32-45/h1-38H. The second-order valence-electron chi connectivity index (χ2n) is 18.1. The Morgan fingerprint density at radius 2 is 0.716 bits per heavy atom. The molecule has 10 aromatic carbocycles. The van der Waals surface area contributed by atoms with E-state index in [4.69, 9.17) is 15.0 Å². The first-order chi connectivity index (χ1) is 36.6. The molecule has 0 saturated carbocycles. The molecule has 0 fully saturated rings. The Kier molecular flexibility index (Phi) is 10.5. The van der Waals surface area contributed by atoms with Crippen LogP contribution in [-0.2, 0) is 0 Å². The second kappa shape index (κ2) is 17.9. The Bertz CT molecular complexity index is 4430. The van der Waals surface area contributed by atoms with Crippen molar-refractivity contribution in [1.82, 2.24) is 24.1 Å². The SMILES string of the molecule is N#Cc1ccc(-c2ccc3c(c2)c2ccccc2n3-c2cccc(C#N)c2-c2c(-c3nc(-c4ccccc4)nc(-c4ccccc4)n3)cccc2-n2c3ccccc3c3cc(-c4ccc(C#N)cc4)ccc32)cc1. The molecule has 3 aromatic heterocycles. The molecule has 0 atom stereocenters. The highest BCUT2D eigenvalue weighted by Crippen LogP contribution is 2.46. The minimum absolute atomic E-state index is 0.450. The molecule has 0 bridgehead atoms. The Labute approximate surface area is 425 Å². The van der Waals surface area contributed by atoms with Crippen LogP contribution in [0, 0.1) is 34.0 Å². The minimum Gasteiger partial charge on any atom is -0.309 e. The van der Waals surface area contributed by atoms with Gasteiger partial charge in [-0.15, -0.1) is 0 Å². The molecule has 0 aliphatic heterocycles. The van der Waals surface area contributed by atoms with Crippen LogP contribution in [0.25, 0.3) is 123 Å². The Hall–Kier alpha value is -10.7. The van der Waals surface area contributed by atoms with Gasteiger partial charge in [0.25, 0.3) is 0 Å². The zero-order valence-electron chi connectivity index (χ0n) is 39.5. The van der Waals surface area contributed by atoms with Crippen LogP contribution < -0.4 is 0 Å². The predicted octanol–water partition coefficient (Wildman–Crippen LogP) is 15.7. The second-order valence-corrected chi connectivity index (χ2v) is 18.1. The highest BCUT2D eigenvalue weighted by Gasteiger charge is 2.27. The van der Waals surface area contributed by atoms with Gasteiger partial charge < -0.3 is 9.13 Å². The smallest absolute Gasteiger partial charge is 0.164 e. The fourth-order valence-corrected chi connectivity index (χ4v) is 10.5. The van der Waals surface area contributed by atoms with E-state index in [1.807, 2.05) is 127 Å². The van der Waals surface area contributed by atoms with Crippen LogP contribution >= 0.6 is 0 Å². The summed E-state index contributed by atoms with van der Waals surface area (Å²) >= 11 is 0. The van der Waals surface area contributed by atoms with E-state index in [9.17, 15) is 15.8 Å². The quantitative estimate of drug-likeness (QED) is 0.150. The summed E-state index contributed by atoms with van der Waals surface area (Å²) in [7, 11) is 0. The molecule has 342 valence electrons. The van der Waals surface area contributed by atoms with Gasteiger partial charge in [0.2, 0.25) is 0 Å². The van der Waals surface area contributed by atoms with E-state index in [-0.39, 0.29) is 0 Å². The number of rotatable bonds is 8. The molecular weight excluding hydrogens is 905 g/mol. The van der Waals surface area contributed by atoms with Gasteiger partial charge in [0.15, 0.2) is 17.5 Å². The molecule has 8 nitrogen and oxygen atoms in total. The van der Waals surface area contributed by atoms with Crippen molar-refractivity contribution >= 4 is 43.6 Å². The lowest BCUT2D eigenvalue weighted by Gasteiger charge is -2.22. The van der Waals surface area contributed by atoms with E-state index >= 15 is 0 Å². The third-order valence-electron chi connectivity index (χ3n) is 13.9. The molecule has 13 rings (SSSR count). The van der Waals surface area contributed by atoms with Gasteiger partial charge in [-0.25, -0.2) is 15.0 Å². The van der Waals surface area contributed by atoms with Crippen molar-refractivity contribution in [2.45, 2.75) is 0 Å². The third-order valence-corrected chi connectivity index (χ3v) is 13.9. The van der Waals surface area contributed by atoms with E-state index in [1.54, 1.807) is 0 Å². The van der Waals surface area contributed by atoms with E-state index < -0.39 is 0 Å². The highest BCUT2D eigenvalue weighted by atomic mass is 15.0. The van der Waals surface area contributed by atoms with Crippen molar-refractivity contribution in [3.63, 3.8) is 0 Å². The number of fused-ring (bicyclic) bond motifs is 6. The topological polar surface area (TPSA) is 120 Å². The largest absolute Gasteiger partial charge is 0.309 e. The lowest BCUT2D eigenvalue weighted by molar-refractivity contribution is 1.07. The van der Waals surface area contributed by atoms with Crippen molar-refractivity contribution in [3.05, 3.63) is 247 Å². The van der Waals surface area contributed by atoms with Crippen LogP contribution in [0.5, 0.6) is 0 Å². The number of nitriles is 3. The molecule has 13 aromatic rings. The van der Waals surface area contributed by atoms with Gasteiger partial charge >= 0.3 is 0 Å². The van der Waals surface area contributed by atoms with E-state index in [0.717, 1.165) is 93.9 Å². The maximum Gasteiger partial charge on any atom is 0.164 e. The lowest BCUT2D eigenvalue weighted by Crippen LogP contribution is -2.07. The number of para-hydroxylation sites is 2. The summed E-state index contributed by atoms with van der Waals surface area (Å²) in [6.45, 7) is 0. The van der Waals surface area contributed by atoms with Gasteiger partial charge in [0.1, 0.15) is 0 Å². The van der Waals surface area contributed by atoms with Crippen molar-refractivity contribution in [2.24, 2.45) is 0 Å². The molecule has 0 radical (unpaired) electrons. The molecule has 0 aliphatic carbocycles. The molecule has 0 aliphatic rings. The zero-order chi connectivity index (χ0) is 49.7. The molecule has 3 heterocycles. The van der Waals surface area contributed by atoms with Crippen LogP contribution in [0.15, 0.2) is 231 Å². The summed E-state index contributed by atoms with van der Waals surface area (Å²) in [4.78, 5) is 15.7. The fourth-order valence-electron chi connectivity index (χ4n) is 10.5. The molecule has 8 heteroatoms. The summed E-state index contributed by atoms with van der Waals surface area (Å²) in [5.41, 5.74) is 15.1. The van der Waals surface area contributed by atoms with Crippen molar-refractivity contribution in [2.75, 3.05) is 0 Å². The summed E-state index contributed by atoms with van der Waals surface area (Å²) in [5.74, 6) is 1.49. The number of nitrogens with zero attached hydrogens (tertiary/aromatic N) is 8. The van der Waals surface area contributed by atoms with Crippen molar-refractivity contribution < 1.29 is 0 Å². The highest BCUT2D eigenvalue weighted by molar-refractivity contribution is 6.13. The number of hydrogen-bond acceptors (Lipinski definition) is 6.